The monoisotopic (exact) mass is 522 g/mol. The zero-order chi connectivity index (χ0) is 26.2. The quantitative estimate of drug-likeness (QED) is 0.291. The third-order valence-electron chi connectivity index (χ3n) is 3.73. The molecule has 18 heteroatoms. The van der Waals surface area contributed by atoms with Gasteiger partial charge in [-0.1, -0.05) is 0 Å². The molecule has 1 aromatic rings. The van der Waals surface area contributed by atoms with Gasteiger partial charge >= 0.3 is 45.3 Å². The standard InChI is InChI=1S/C15H11F9O8S/c1-29-8-5-6(4-7(10(25)30-2)9(8)11(26)31-3)32-33(27,28)15(23,24)13(18,19)12(16,17)14(20,21)22/h4-5H,1-3H3. The molecule has 33 heavy (non-hydrogen) atoms. The molecule has 0 amide bonds. The van der Waals surface area contributed by atoms with Crippen LogP contribution in [-0.2, 0) is 19.6 Å². The normalized spacial score (nSPS) is 13.3. The van der Waals surface area contributed by atoms with Crippen LogP contribution in [0.1, 0.15) is 20.7 Å². The predicted molar refractivity (Wildman–Crippen MR) is 86.1 cm³/mol. The first-order chi connectivity index (χ1) is 14.7. The van der Waals surface area contributed by atoms with Gasteiger partial charge in [0.1, 0.15) is 17.1 Å². The molecule has 0 radical (unpaired) electrons. The molecule has 8 nitrogen and oxygen atoms in total. The summed E-state index contributed by atoms with van der Waals surface area (Å²) in [5.74, 6) is -20.2. The maximum Gasteiger partial charge on any atom is 0.460 e. The SMILES string of the molecule is COC(=O)c1cc(OS(=O)(=O)C(F)(F)C(F)(F)C(F)(F)C(F)(F)F)cc(OC)c1C(=O)OC. The summed E-state index contributed by atoms with van der Waals surface area (Å²) >= 11 is 0. The lowest BCUT2D eigenvalue weighted by atomic mass is 10.1. The van der Waals surface area contributed by atoms with Gasteiger partial charge in [-0.05, 0) is 6.07 Å². The lowest BCUT2D eigenvalue weighted by molar-refractivity contribution is -0.382. The van der Waals surface area contributed by atoms with E-state index in [1.165, 1.54) is 0 Å². The van der Waals surface area contributed by atoms with Crippen LogP contribution >= 0.6 is 0 Å². The van der Waals surface area contributed by atoms with E-state index in [4.69, 9.17) is 0 Å². The molecular formula is C15H11F9O8S. The average molecular weight is 522 g/mol. The summed E-state index contributed by atoms with van der Waals surface area (Å²) in [4.78, 5) is 23.7. The number of carbonyl (C=O) groups is 2. The fourth-order valence-electron chi connectivity index (χ4n) is 2.08. The average Bonchev–Trinajstić information content (AvgIpc) is 2.70. The summed E-state index contributed by atoms with van der Waals surface area (Å²) < 4.78 is 157. The lowest BCUT2D eigenvalue weighted by Gasteiger charge is -2.32. The Labute approximate surface area is 178 Å². The van der Waals surface area contributed by atoms with Gasteiger partial charge in [-0.25, -0.2) is 9.59 Å². The fraction of sp³-hybridized carbons (Fsp3) is 0.467. The number of ether oxygens (including phenoxy) is 3. The van der Waals surface area contributed by atoms with Crippen LogP contribution in [0.15, 0.2) is 12.1 Å². The van der Waals surface area contributed by atoms with Gasteiger partial charge in [-0.3, -0.25) is 0 Å². The lowest BCUT2D eigenvalue weighted by Crippen LogP contribution is -2.63. The van der Waals surface area contributed by atoms with Crippen molar-refractivity contribution in [2.24, 2.45) is 0 Å². The second-order valence-electron chi connectivity index (χ2n) is 5.73. The Morgan fingerprint density at radius 1 is 0.788 bits per heavy atom. The van der Waals surface area contributed by atoms with Crippen LogP contribution in [0.25, 0.3) is 0 Å². The zero-order valence-corrected chi connectivity index (χ0v) is 17.0. The number of hydrogen-bond donors (Lipinski definition) is 0. The van der Waals surface area contributed by atoms with Gasteiger partial charge in [0.25, 0.3) is 0 Å². The van der Waals surface area contributed by atoms with Crippen molar-refractivity contribution in [3.63, 3.8) is 0 Å². The van der Waals surface area contributed by atoms with Crippen LogP contribution in [-0.4, -0.2) is 65.0 Å². The molecule has 0 spiro atoms. The van der Waals surface area contributed by atoms with Crippen molar-refractivity contribution in [1.82, 2.24) is 0 Å². The topological polar surface area (TPSA) is 105 Å². The van der Waals surface area contributed by atoms with E-state index in [1.54, 1.807) is 0 Å². The van der Waals surface area contributed by atoms with Crippen molar-refractivity contribution in [3.8, 4) is 11.5 Å². The van der Waals surface area contributed by atoms with Crippen molar-refractivity contribution in [2.45, 2.75) is 23.3 Å². The number of alkyl halides is 9. The summed E-state index contributed by atoms with van der Waals surface area (Å²) in [6.45, 7) is 0. The molecule has 0 atom stereocenters. The first kappa shape index (κ1) is 28.1. The molecule has 0 unspecified atom stereocenters. The highest BCUT2D eigenvalue weighted by molar-refractivity contribution is 7.88. The third-order valence-corrected chi connectivity index (χ3v) is 5.02. The number of rotatable bonds is 8. The van der Waals surface area contributed by atoms with Crippen LogP contribution in [0.2, 0.25) is 0 Å². The number of esters is 2. The molecule has 0 aromatic heterocycles. The van der Waals surface area contributed by atoms with E-state index in [0.29, 0.717) is 0 Å². The van der Waals surface area contributed by atoms with Crippen LogP contribution in [0.5, 0.6) is 11.5 Å². The van der Waals surface area contributed by atoms with Gasteiger partial charge < -0.3 is 18.4 Å². The Morgan fingerprint density at radius 3 is 1.67 bits per heavy atom. The number of methoxy groups -OCH3 is 3. The van der Waals surface area contributed by atoms with E-state index in [0.717, 1.165) is 21.3 Å². The maximum absolute atomic E-state index is 13.8. The Kier molecular flexibility index (Phi) is 7.49. The number of hydrogen-bond acceptors (Lipinski definition) is 8. The number of benzene rings is 1. The van der Waals surface area contributed by atoms with Crippen molar-refractivity contribution in [1.29, 1.82) is 0 Å². The summed E-state index contributed by atoms with van der Waals surface area (Å²) in [5.41, 5.74) is -1.79. The maximum atomic E-state index is 13.8. The van der Waals surface area contributed by atoms with Crippen molar-refractivity contribution >= 4 is 22.1 Å². The van der Waals surface area contributed by atoms with Crippen LogP contribution in [0.4, 0.5) is 39.5 Å². The van der Waals surface area contributed by atoms with Crippen molar-refractivity contribution in [3.05, 3.63) is 23.3 Å². The molecule has 0 fully saturated rings. The van der Waals surface area contributed by atoms with Crippen LogP contribution < -0.4 is 8.92 Å². The summed E-state index contributed by atoms with van der Waals surface area (Å²) in [6.07, 6.45) is -7.28. The molecule has 0 aliphatic rings. The first-order valence-electron chi connectivity index (χ1n) is 7.76. The molecule has 1 rings (SSSR count). The number of halogens is 9. The molecule has 0 saturated heterocycles. The van der Waals surface area contributed by atoms with Gasteiger partial charge in [-0.15, -0.1) is 0 Å². The molecule has 0 aliphatic carbocycles. The fourth-order valence-corrected chi connectivity index (χ4v) is 2.98. The molecule has 0 saturated carbocycles. The van der Waals surface area contributed by atoms with E-state index in [2.05, 4.69) is 18.4 Å². The van der Waals surface area contributed by atoms with Gasteiger partial charge in [0, 0.05) is 6.07 Å². The van der Waals surface area contributed by atoms with E-state index < -0.39 is 68.0 Å². The van der Waals surface area contributed by atoms with Gasteiger partial charge in [0.05, 0.1) is 26.9 Å². The van der Waals surface area contributed by atoms with Gasteiger partial charge in [-0.2, -0.15) is 47.9 Å². The van der Waals surface area contributed by atoms with E-state index in [1.807, 2.05) is 0 Å². The van der Waals surface area contributed by atoms with Crippen molar-refractivity contribution < 1.29 is 75.9 Å². The van der Waals surface area contributed by atoms with Gasteiger partial charge in [0.15, 0.2) is 0 Å². The summed E-state index contributed by atoms with van der Waals surface area (Å²) in [7, 11) is -4.99. The van der Waals surface area contributed by atoms with Crippen LogP contribution in [0.3, 0.4) is 0 Å². The van der Waals surface area contributed by atoms with Gasteiger partial charge in [0.2, 0.25) is 0 Å². The Bertz CT molecular complexity index is 1030. The zero-order valence-electron chi connectivity index (χ0n) is 16.2. The Morgan fingerprint density at radius 2 is 1.27 bits per heavy atom. The second kappa shape index (κ2) is 8.79. The molecule has 188 valence electrons. The molecule has 1 aromatic carbocycles. The predicted octanol–water partition coefficient (Wildman–Crippen LogP) is 3.40. The Balaban J connectivity index is 3.69. The van der Waals surface area contributed by atoms with Crippen molar-refractivity contribution in [2.75, 3.05) is 21.3 Å². The third kappa shape index (κ3) is 4.60. The minimum atomic E-state index is -7.54. The smallest absolute Gasteiger partial charge is 0.460 e. The summed E-state index contributed by atoms with van der Waals surface area (Å²) in [6, 6.07) is 0.390. The molecule has 0 heterocycles. The summed E-state index contributed by atoms with van der Waals surface area (Å²) in [5, 5.41) is -7.15. The minimum Gasteiger partial charge on any atom is -0.496 e. The molecule has 0 N–H and O–H groups in total. The minimum absolute atomic E-state index is 0.147. The van der Waals surface area contributed by atoms with E-state index >= 15 is 0 Å². The highest BCUT2D eigenvalue weighted by Gasteiger charge is 2.86. The second-order valence-corrected chi connectivity index (χ2v) is 7.32. The highest BCUT2D eigenvalue weighted by atomic mass is 32.2. The Hall–Kier alpha value is -2.92. The molecular weight excluding hydrogens is 511 g/mol. The van der Waals surface area contributed by atoms with E-state index in [9.17, 15) is 57.5 Å². The van der Waals surface area contributed by atoms with Crippen LogP contribution in [0, 0.1) is 0 Å². The largest absolute Gasteiger partial charge is 0.496 e. The first-order valence-corrected chi connectivity index (χ1v) is 9.17. The van der Waals surface area contributed by atoms with E-state index in [-0.39, 0.29) is 12.1 Å². The molecule has 0 aliphatic heterocycles. The highest BCUT2D eigenvalue weighted by Crippen LogP contribution is 2.55. The molecule has 0 bridgehead atoms. The number of carbonyl (C=O) groups excluding carboxylic acids is 2.